The molecule has 1 aliphatic carbocycles. The molecule has 3 rings (SSSR count). The van der Waals surface area contributed by atoms with Crippen molar-refractivity contribution in [1.29, 1.82) is 0 Å². The van der Waals surface area contributed by atoms with Crippen LogP contribution in [0.15, 0.2) is 24.3 Å². The van der Waals surface area contributed by atoms with E-state index in [4.69, 9.17) is 4.74 Å². The summed E-state index contributed by atoms with van der Waals surface area (Å²) < 4.78 is 5.33. The standard InChI is InChI=1S/C14H18O2/c15-14(13-6-7-16-9-13)12-3-1-2-11(8-12)10-4-5-10/h1-3,8,10,13-15H,4-7,9H2. The fourth-order valence-corrected chi connectivity index (χ4v) is 2.49. The van der Waals surface area contributed by atoms with E-state index >= 15 is 0 Å². The van der Waals surface area contributed by atoms with Gasteiger partial charge >= 0.3 is 0 Å². The van der Waals surface area contributed by atoms with Crippen molar-refractivity contribution < 1.29 is 9.84 Å². The first-order chi connectivity index (χ1) is 7.84. The minimum atomic E-state index is -0.346. The van der Waals surface area contributed by atoms with E-state index < -0.39 is 0 Å². The molecule has 1 N–H and O–H groups in total. The third-order valence-corrected chi connectivity index (χ3v) is 3.71. The zero-order chi connectivity index (χ0) is 11.0. The summed E-state index contributed by atoms with van der Waals surface area (Å²) in [6.45, 7) is 1.50. The summed E-state index contributed by atoms with van der Waals surface area (Å²) in [6.07, 6.45) is 3.26. The Labute approximate surface area is 96.2 Å². The molecule has 1 aromatic carbocycles. The monoisotopic (exact) mass is 218 g/mol. The molecule has 0 bridgehead atoms. The molecule has 0 spiro atoms. The molecule has 2 aliphatic rings. The number of ether oxygens (including phenoxy) is 1. The molecule has 1 aromatic rings. The SMILES string of the molecule is OC(c1cccc(C2CC2)c1)C1CCOC1. The predicted octanol–water partition coefficient (Wildman–Crippen LogP) is 2.63. The number of rotatable bonds is 3. The van der Waals surface area contributed by atoms with Gasteiger partial charge in [0.2, 0.25) is 0 Å². The highest BCUT2D eigenvalue weighted by atomic mass is 16.5. The van der Waals surface area contributed by atoms with E-state index in [1.165, 1.54) is 18.4 Å². The maximum absolute atomic E-state index is 10.3. The lowest BCUT2D eigenvalue weighted by Gasteiger charge is -2.17. The average Bonchev–Trinajstić information content (AvgIpc) is 3.04. The van der Waals surface area contributed by atoms with Crippen LogP contribution in [0.2, 0.25) is 0 Å². The van der Waals surface area contributed by atoms with Crippen LogP contribution in [0, 0.1) is 5.92 Å². The molecule has 0 radical (unpaired) electrons. The van der Waals surface area contributed by atoms with E-state index in [-0.39, 0.29) is 12.0 Å². The van der Waals surface area contributed by atoms with E-state index in [1.807, 2.05) is 6.07 Å². The predicted molar refractivity (Wildman–Crippen MR) is 62.3 cm³/mol. The smallest absolute Gasteiger partial charge is 0.0841 e. The van der Waals surface area contributed by atoms with Crippen LogP contribution < -0.4 is 0 Å². The second kappa shape index (κ2) is 4.19. The summed E-state index contributed by atoms with van der Waals surface area (Å²) in [5.74, 6) is 1.04. The number of benzene rings is 1. The Morgan fingerprint density at radius 3 is 2.81 bits per heavy atom. The van der Waals surface area contributed by atoms with Crippen molar-refractivity contribution in [2.45, 2.75) is 31.3 Å². The highest BCUT2D eigenvalue weighted by molar-refractivity contribution is 5.30. The summed E-state index contributed by atoms with van der Waals surface area (Å²) in [7, 11) is 0. The Kier molecular flexibility index (Phi) is 2.70. The fourth-order valence-electron chi connectivity index (χ4n) is 2.49. The maximum atomic E-state index is 10.3. The van der Waals surface area contributed by atoms with Gasteiger partial charge in [-0.05, 0) is 36.3 Å². The molecule has 2 nitrogen and oxygen atoms in total. The second-order valence-corrected chi connectivity index (χ2v) is 5.01. The summed E-state index contributed by atoms with van der Waals surface area (Å²) in [6, 6.07) is 8.47. The van der Waals surface area contributed by atoms with Crippen LogP contribution in [0.4, 0.5) is 0 Å². The van der Waals surface area contributed by atoms with Gasteiger partial charge in [0.25, 0.3) is 0 Å². The van der Waals surface area contributed by atoms with E-state index in [0.29, 0.717) is 6.61 Å². The number of hydrogen-bond acceptors (Lipinski definition) is 2. The topological polar surface area (TPSA) is 29.5 Å². The summed E-state index contributed by atoms with van der Waals surface area (Å²) >= 11 is 0. The molecular weight excluding hydrogens is 200 g/mol. The molecule has 1 saturated carbocycles. The van der Waals surface area contributed by atoms with Crippen molar-refractivity contribution in [1.82, 2.24) is 0 Å². The first kappa shape index (κ1) is 10.3. The third-order valence-electron chi connectivity index (χ3n) is 3.71. The van der Waals surface area contributed by atoms with Crippen molar-refractivity contribution in [3.8, 4) is 0 Å². The second-order valence-electron chi connectivity index (χ2n) is 5.01. The van der Waals surface area contributed by atoms with Crippen LogP contribution in [0.5, 0.6) is 0 Å². The minimum Gasteiger partial charge on any atom is -0.388 e. The Bertz CT molecular complexity index is 365. The molecule has 2 fully saturated rings. The molecule has 2 unspecified atom stereocenters. The maximum Gasteiger partial charge on any atom is 0.0841 e. The molecule has 86 valence electrons. The number of hydrogen-bond donors (Lipinski definition) is 1. The molecule has 2 atom stereocenters. The van der Waals surface area contributed by atoms with Crippen molar-refractivity contribution in [3.63, 3.8) is 0 Å². The van der Waals surface area contributed by atoms with Crippen molar-refractivity contribution in [2.24, 2.45) is 5.92 Å². The lowest BCUT2D eigenvalue weighted by Crippen LogP contribution is -2.12. The first-order valence-corrected chi connectivity index (χ1v) is 6.20. The van der Waals surface area contributed by atoms with Crippen LogP contribution >= 0.6 is 0 Å². The van der Waals surface area contributed by atoms with Gasteiger partial charge in [0.15, 0.2) is 0 Å². The Morgan fingerprint density at radius 2 is 2.12 bits per heavy atom. The Hall–Kier alpha value is -0.860. The Balaban J connectivity index is 1.78. The van der Waals surface area contributed by atoms with Crippen molar-refractivity contribution >= 4 is 0 Å². The third kappa shape index (κ3) is 2.00. The average molecular weight is 218 g/mol. The molecular formula is C14H18O2. The van der Waals surface area contributed by atoms with E-state index in [9.17, 15) is 5.11 Å². The van der Waals surface area contributed by atoms with Crippen LogP contribution in [0.25, 0.3) is 0 Å². The molecule has 0 aromatic heterocycles. The van der Waals surface area contributed by atoms with E-state index in [0.717, 1.165) is 24.5 Å². The van der Waals surface area contributed by atoms with Gasteiger partial charge in [0.1, 0.15) is 0 Å². The summed E-state index contributed by atoms with van der Waals surface area (Å²) in [4.78, 5) is 0. The molecule has 1 saturated heterocycles. The van der Waals surface area contributed by atoms with Gasteiger partial charge in [-0.1, -0.05) is 24.3 Å². The molecule has 1 heterocycles. The zero-order valence-electron chi connectivity index (χ0n) is 9.43. The van der Waals surface area contributed by atoms with Gasteiger partial charge in [-0.25, -0.2) is 0 Å². The minimum absolute atomic E-state index is 0.287. The zero-order valence-corrected chi connectivity index (χ0v) is 9.43. The fraction of sp³-hybridized carbons (Fsp3) is 0.571. The molecule has 0 amide bonds. The number of aliphatic hydroxyl groups is 1. The molecule has 16 heavy (non-hydrogen) atoms. The normalized spacial score (nSPS) is 26.9. The van der Waals surface area contributed by atoms with E-state index in [1.54, 1.807) is 0 Å². The van der Waals surface area contributed by atoms with Gasteiger partial charge in [-0.2, -0.15) is 0 Å². The first-order valence-electron chi connectivity index (χ1n) is 6.20. The van der Waals surface area contributed by atoms with Crippen LogP contribution in [-0.4, -0.2) is 18.3 Å². The summed E-state index contributed by atoms with van der Waals surface area (Å²) in [5, 5.41) is 10.3. The van der Waals surface area contributed by atoms with Crippen molar-refractivity contribution in [2.75, 3.05) is 13.2 Å². The van der Waals surface area contributed by atoms with Crippen LogP contribution in [0.1, 0.15) is 42.4 Å². The van der Waals surface area contributed by atoms with Gasteiger partial charge < -0.3 is 9.84 Å². The lowest BCUT2D eigenvalue weighted by molar-refractivity contribution is 0.0917. The lowest BCUT2D eigenvalue weighted by atomic mass is 9.93. The van der Waals surface area contributed by atoms with Gasteiger partial charge in [-0.15, -0.1) is 0 Å². The van der Waals surface area contributed by atoms with Crippen molar-refractivity contribution in [3.05, 3.63) is 35.4 Å². The molecule has 2 heteroatoms. The van der Waals surface area contributed by atoms with Crippen LogP contribution in [0.3, 0.4) is 0 Å². The Morgan fingerprint density at radius 1 is 1.25 bits per heavy atom. The summed E-state index contributed by atoms with van der Waals surface area (Å²) in [5.41, 5.74) is 2.47. The largest absolute Gasteiger partial charge is 0.388 e. The van der Waals surface area contributed by atoms with Crippen LogP contribution in [-0.2, 0) is 4.74 Å². The quantitative estimate of drug-likeness (QED) is 0.845. The number of aliphatic hydroxyl groups excluding tert-OH is 1. The highest BCUT2D eigenvalue weighted by Crippen LogP contribution is 2.41. The van der Waals surface area contributed by atoms with Gasteiger partial charge in [0, 0.05) is 12.5 Å². The highest BCUT2D eigenvalue weighted by Gasteiger charge is 2.27. The van der Waals surface area contributed by atoms with Gasteiger partial charge in [-0.3, -0.25) is 0 Å². The van der Waals surface area contributed by atoms with Gasteiger partial charge in [0.05, 0.1) is 12.7 Å². The van der Waals surface area contributed by atoms with E-state index in [2.05, 4.69) is 18.2 Å². The molecule has 1 aliphatic heterocycles.